The molecular weight excluding hydrogens is 222 g/mol. The Morgan fingerprint density at radius 3 is 2.67 bits per heavy atom. The molecule has 0 radical (unpaired) electrons. The van der Waals surface area contributed by atoms with Gasteiger partial charge in [0.25, 0.3) is 0 Å². The number of hydrogen-bond donors (Lipinski definition) is 1. The molecule has 0 aliphatic heterocycles. The number of anilines is 1. The molecule has 1 N–H and O–H groups in total. The third-order valence-electron chi connectivity index (χ3n) is 3.51. The molecule has 100 valence electrons. The van der Waals surface area contributed by atoms with Gasteiger partial charge in [0.1, 0.15) is 0 Å². The van der Waals surface area contributed by atoms with Gasteiger partial charge >= 0.3 is 0 Å². The summed E-state index contributed by atoms with van der Waals surface area (Å²) in [5.74, 6) is 0. The van der Waals surface area contributed by atoms with Crippen LogP contribution in [0.1, 0.15) is 51.8 Å². The molecule has 1 saturated carbocycles. The van der Waals surface area contributed by atoms with Gasteiger partial charge in [-0.05, 0) is 44.9 Å². The van der Waals surface area contributed by atoms with E-state index in [0.29, 0.717) is 6.04 Å². The largest absolute Gasteiger partial charge is 0.367 e. The van der Waals surface area contributed by atoms with E-state index in [4.69, 9.17) is 0 Å². The standard InChI is InChI=1S/C15H25N3/c1-4-10-18(13-6-7-13)14-8-9-15(17-11-14)12(3)16-5-2/h8-9,11-13,16H,4-7,10H2,1-3H3. The number of nitrogens with zero attached hydrogens (tertiary/aromatic N) is 2. The summed E-state index contributed by atoms with van der Waals surface area (Å²) in [5, 5.41) is 3.39. The maximum Gasteiger partial charge on any atom is 0.0572 e. The van der Waals surface area contributed by atoms with Crippen LogP contribution in [-0.4, -0.2) is 24.1 Å². The van der Waals surface area contributed by atoms with Crippen molar-refractivity contribution in [2.24, 2.45) is 0 Å². The van der Waals surface area contributed by atoms with E-state index in [-0.39, 0.29) is 0 Å². The molecule has 18 heavy (non-hydrogen) atoms. The molecule has 1 atom stereocenters. The van der Waals surface area contributed by atoms with Gasteiger partial charge < -0.3 is 10.2 Å². The van der Waals surface area contributed by atoms with Crippen LogP contribution in [0.3, 0.4) is 0 Å². The van der Waals surface area contributed by atoms with Gasteiger partial charge in [-0.1, -0.05) is 13.8 Å². The Kier molecular flexibility index (Phi) is 4.59. The van der Waals surface area contributed by atoms with Crippen LogP contribution in [0.4, 0.5) is 5.69 Å². The monoisotopic (exact) mass is 247 g/mol. The van der Waals surface area contributed by atoms with Crippen molar-refractivity contribution in [1.82, 2.24) is 10.3 Å². The first-order chi connectivity index (χ1) is 8.76. The molecule has 1 aliphatic rings. The van der Waals surface area contributed by atoms with Gasteiger partial charge in [-0.15, -0.1) is 0 Å². The van der Waals surface area contributed by atoms with Gasteiger partial charge in [-0.25, -0.2) is 0 Å². The Labute approximate surface area is 111 Å². The quantitative estimate of drug-likeness (QED) is 0.802. The normalized spacial score (nSPS) is 16.6. The minimum absolute atomic E-state index is 0.338. The van der Waals surface area contributed by atoms with Gasteiger partial charge in [0.2, 0.25) is 0 Å². The molecule has 3 heteroatoms. The average Bonchev–Trinajstić information content (AvgIpc) is 3.21. The molecule has 1 unspecified atom stereocenters. The Morgan fingerprint density at radius 2 is 2.17 bits per heavy atom. The average molecular weight is 247 g/mol. The fraction of sp³-hybridized carbons (Fsp3) is 0.667. The fourth-order valence-corrected chi connectivity index (χ4v) is 2.38. The first kappa shape index (κ1) is 13.3. The van der Waals surface area contributed by atoms with Crippen molar-refractivity contribution in [2.45, 2.75) is 52.1 Å². The van der Waals surface area contributed by atoms with Crippen LogP contribution in [0.5, 0.6) is 0 Å². The second-order valence-electron chi connectivity index (χ2n) is 5.15. The van der Waals surface area contributed by atoms with E-state index in [1.807, 2.05) is 6.20 Å². The highest BCUT2D eigenvalue weighted by Gasteiger charge is 2.28. The van der Waals surface area contributed by atoms with Crippen LogP contribution >= 0.6 is 0 Å². The van der Waals surface area contributed by atoms with E-state index in [9.17, 15) is 0 Å². The molecule has 1 aromatic rings. The maximum atomic E-state index is 4.61. The first-order valence-corrected chi connectivity index (χ1v) is 7.22. The van der Waals surface area contributed by atoms with Crippen LogP contribution in [0.15, 0.2) is 18.3 Å². The highest BCUT2D eigenvalue weighted by Crippen LogP contribution is 2.31. The molecule has 1 aliphatic carbocycles. The van der Waals surface area contributed by atoms with Crippen molar-refractivity contribution in [1.29, 1.82) is 0 Å². The summed E-state index contributed by atoms with van der Waals surface area (Å²) in [6.07, 6.45) is 5.92. The zero-order chi connectivity index (χ0) is 13.0. The Morgan fingerprint density at radius 1 is 1.39 bits per heavy atom. The predicted molar refractivity (Wildman–Crippen MR) is 77.0 cm³/mol. The zero-order valence-corrected chi connectivity index (χ0v) is 11.8. The Balaban J connectivity index is 2.05. The molecule has 1 aromatic heterocycles. The molecule has 0 saturated heterocycles. The summed E-state index contributed by atoms with van der Waals surface area (Å²) in [5.41, 5.74) is 2.42. The third-order valence-corrected chi connectivity index (χ3v) is 3.51. The molecule has 0 bridgehead atoms. The lowest BCUT2D eigenvalue weighted by Gasteiger charge is -2.24. The lowest BCUT2D eigenvalue weighted by Crippen LogP contribution is -2.26. The molecule has 0 amide bonds. The molecule has 1 fully saturated rings. The summed E-state index contributed by atoms with van der Waals surface area (Å²) in [4.78, 5) is 7.12. The number of pyridine rings is 1. The SMILES string of the molecule is CCCN(c1ccc(C(C)NCC)nc1)C1CC1. The summed E-state index contributed by atoms with van der Waals surface area (Å²) in [6.45, 7) is 8.66. The van der Waals surface area contributed by atoms with Crippen LogP contribution in [0, 0.1) is 0 Å². The summed E-state index contributed by atoms with van der Waals surface area (Å²) >= 11 is 0. The van der Waals surface area contributed by atoms with Crippen LogP contribution < -0.4 is 10.2 Å². The van der Waals surface area contributed by atoms with Crippen molar-refractivity contribution < 1.29 is 0 Å². The van der Waals surface area contributed by atoms with Crippen LogP contribution in [-0.2, 0) is 0 Å². The Bertz CT molecular complexity index is 357. The van der Waals surface area contributed by atoms with Gasteiger partial charge in [0.05, 0.1) is 17.6 Å². The minimum Gasteiger partial charge on any atom is -0.367 e. The van der Waals surface area contributed by atoms with Crippen molar-refractivity contribution >= 4 is 5.69 Å². The van der Waals surface area contributed by atoms with E-state index in [1.54, 1.807) is 0 Å². The van der Waals surface area contributed by atoms with Crippen molar-refractivity contribution in [3.05, 3.63) is 24.0 Å². The van der Waals surface area contributed by atoms with E-state index < -0.39 is 0 Å². The van der Waals surface area contributed by atoms with Gasteiger partial charge in [-0.3, -0.25) is 4.98 Å². The van der Waals surface area contributed by atoms with Gasteiger partial charge in [0.15, 0.2) is 0 Å². The first-order valence-electron chi connectivity index (χ1n) is 7.22. The van der Waals surface area contributed by atoms with Gasteiger partial charge in [-0.2, -0.15) is 0 Å². The smallest absolute Gasteiger partial charge is 0.0572 e. The summed E-state index contributed by atoms with van der Waals surface area (Å²) in [6, 6.07) is 5.49. The van der Waals surface area contributed by atoms with Gasteiger partial charge in [0, 0.05) is 18.6 Å². The fourth-order valence-electron chi connectivity index (χ4n) is 2.38. The second kappa shape index (κ2) is 6.19. The predicted octanol–water partition coefficient (Wildman–Crippen LogP) is 3.13. The number of nitrogens with one attached hydrogen (secondary N) is 1. The highest BCUT2D eigenvalue weighted by atomic mass is 15.2. The summed E-state index contributed by atoms with van der Waals surface area (Å²) < 4.78 is 0. The molecule has 0 aromatic carbocycles. The molecular formula is C15H25N3. The third kappa shape index (κ3) is 3.22. The molecule has 2 rings (SSSR count). The zero-order valence-electron chi connectivity index (χ0n) is 11.8. The van der Waals surface area contributed by atoms with E-state index in [0.717, 1.165) is 24.8 Å². The lowest BCUT2D eigenvalue weighted by molar-refractivity contribution is 0.583. The van der Waals surface area contributed by atoms with Crippen molar-refractivity contribution in [2.75, 3.05) is 18.0 Å². The van der Waals surface area contributed by atoms with E-state index in [1.165, 1.54) is 24.9 Å². The number of aromatic nitrogens is 1. The second-order valence-corrected chi connectivity index (χ2v) is 5.15. The summed E-state index contributed by atoms with van der Waals surface area (Å²) in [7, 11) is 0. The molecule has 1 heterocycles. The van der Waals surface area contributed by atoms with Crippen LogP contribution in [0.25, 0.3) is 0 Å². The molecule has 0 spiro atoms. The van der Waals surface area contributed by atoms with Crippen molar-refractivity contribution in [3.8, 4) is 0 Å². The number of hydrogen-bond acceptors (Lipinski definition) is 3. The minimum atomic E-state index is 0.338. The highest BCUT2D eigenvalue weighted by molar-refractivity contribution is 5.47. The van der Waals surface area contributed by atoms with E-state index >= 15 is 0 Å². The topological polar surface area (TPSA) is 28.2 Å². The van der Waals surface area contributed by atoms with Crippen molar-refractivity contribution in [3.63, 3.8) is 0 Å². The number of rotatable bonds is 7. The lowest BCUT2D eigenvalue weighted by atomic mass is 10.2. The Hall–Kier alpha value is -1.09. The maximum absolute atomic E-state index is 4.61. The molecule has 3 nitrogen and oxygen atoms in total. The van der Waals surface area contributed by atoms with Crippen LogP contribution in [0.2, 0.25) is 0 Å². The van der Waals surface area contributed by atoms with E-state index in [2.05, 4.69) is 48.1 Å².